The number of rotatable bonds is 9. The molecule has 2 N–H and O–H groups in total. The molecule has 0 aliphatic heterocycles. The molecule has 31 heavy (non-hydrogen) atoms. The Hall–Kier alpha value is -3.95. The predicted molar refractivity (Wildman–Crippen MR) is 108 cm³/mol. The van der Waals surface area contributed by atoms with Gasteiger partial charge in [-0.2, -0.15) is 8.78 Å². The number of amides is 2. The molecule has 0 heterocycles. The average Bonchev–Trinajstić information content (AvgIpc) is 2.76. The highest BCUT2D eigenvalue weighted by molar-refractivity contribution is 5.96. The maximum atomic E-state index is 12.3. The molecule has 2 rings (SSSR count). The van der Waals surface area contributed by atoms with Crippen LogP contribution in [0.1, 0.15) is 15.9 Å². The number of halogens is 2. The summed E-state index contributed by atoms with van der Waals surface area (Å²) in [6, 6.07) is 10.3. The van der Waals surface area contributed by atoms with Crippen LogP contribution in [0.15, 0.2) is 48.5 Å². The predicted octanol–water partition coefficient (Wildman–Crippen LogP) is 2.85. The Balaban J connectivity index is 1.86. The minimum absolute atomic E-state index is 0.0673. The van der Waals surface area contributed by atoms with Gasteiger partial charge in [-0.15, -0.1) is 0 Å². The maximum Gasteiger partial charge on any atom is 0.387 e. The lowest BCUT2D eigenvalue weighted by atomic mass is 10.2. The van der Waals surface area contributed by atoms with E-state index in [4.69, 9.17) is 9.47 Å². The van der Waals surface area contributed by atoms with E-state index >= 15 is 0 Å². The SMILES string of the molecule is CNC(=O)c1ccc(NC(=O)COC(=O)/C=C/c2ccc(OC(F)F)c(OC)c2)cc1. The molecule has 0 atom stereocenters. The normalized spacial score (nSPS) is 10.6. The van der Waals surface area contributed by atoms with Crippen LogP contribution in [0.4, 0.5) is 14.5 Å². The molecule has 2 amide bonds. The molecule has 2 aromatic rings. The fraction of sp³-hybridized carbons (Fsp3) is 0.190. The smallest absolute Gasteiger partial charge is 0.387 e. The number of carbonyl (C=O) groups excluding carboxylic acids is 3. The Labute approximate surface area is 176 Å². The van der Waals surface area contributed by atoms with Gasteiger partial charge in [-0.3, -0.25) is 9.59 Å². The van der Waals surface area contributed by atoms with Crippen LogP contribution < -0.4 is 20.1 Å². The van der Waals surface area contributed by atoms with Gasteiger partial charge in [-0.1, -0.05) is 6.07 Å². The summed E-state index contributed by atoms with van der Waals surface area (Å²) in [5.74, 6) is -1.68. The van der Waals surface area contributed by atoms with Crippen molar-refractivity contribution in [3.63, 3.8) is 0 Å². The zero-order valence-corrected chi connectivity index (χ0v) is 16.7. The van der Waals surface area contributed by atoms with E-state index in [9.17, 15) is 23.2 Å². The van der Waals surface area contributed by atoms with E-state index < -0.39 is 25.1 Å². The minimum atomic E-state index is -3.00. The molecule has 0 saturated carbocycles. The van der Waals surface area contributed by atoms with Crippen LogP contribution in [0.3, 0.4) is 0 Å². The van der Waals surface area contributed by atoms with Gasteiger partial charge in [0.15, 0.2) is 18.1 Å². The van der Waals surface area contributed by atoms with E-state index in [1.165, 1.54) is 50.6 Å². The fourth-order valence-corrected chi connectivity index (χ4v) is 2.38. The van der Waals surface area contributed by atoms with Gasteiger partial charge in [-0.25, -0.2) is 4.79 Å². The van der Waals surface area contributed by atoms with Crippen molar-refractivity contribution in [2.45, 2.75) is 6.61 Å². The van der Waals surface area contributed by atoms with E-state index in [1.54, 1.807) is 12.1 Å². The van der Waals surface area contributed by atoms with E-state index in [0.717, 1.165) is 6.08 Å². The molecule has 0 aromatic heterocycles. The van der Waals surface area contributed by atoms with Crippen molar-refractivity contribution in [2.75, 3.05) is 26.1 Å². The van der Waals surface area contributed by atoms with Crippen LogP contribution in [0.25, 0.3) is 6.08 Å². The molecule has 8 nitrogen and oxygen atoms in total. The fourth-order valence-electron chi connectivity index (χ4n) is 2.38. The number of ether oxygens (including phenoxy) is 3. The lowest BCUT2D eigenvalue weighted by molar-refractivity contribution is -0.142. The highest BCUT2D eigenvalue weighted by Gasteiger charge is 2.11. The second-order valence-corrected chi connectivity index (χ2v) is 5.93. The number of esters is 1. The molecule has 0 aliphatic rings. The Bertz CT molecular complexity index is 961. The monoisotopic (exact) mass is 434 g/mol. The molecule has 0 unspecified atom stereocenters. The minimum Gasteiger partial charge on any atom is -0.493 e. The number of alkyl halides is 2. The lowest BCUT2D eigenvalue weighted by Gasteiger charge is -2.10. The molecule has 164 valence electrons. The number of anilines is 1. The summed E-state index contributed by atoms with van der Waals surface area (Å²) in [4.78, 5) is 35.2. The summed E-state index contributed by atoms with van der Waals surface area (Å²) in [5.41, 5.74) is 1.33. The van der Waals surface area contributed by atoms with Crippen LogP contribution in [0.2, 0.25) is 0 Å². The van der Waals surface area contributed by atoms with Gasteiger partial charge in [0.05, 0.1) is 7.11 Å². The third kappa shape index (κ3) is 7.42. The van der Waals surface area contributed by atoms with E-state index in [-0.39, 0.29) is 17.4 Å². The van der Waals surface area contributed by atoms with E-state index in [1.807, 2.05) is 0 Å². The summed E-state index contributed by atoms with van der Waals surface area (Å²) in [6.45, 7) is -3.52. The van der Waals surface area contributed by atoms with Crippen LogP contribution in [0, 0.1) is 0 Å². The first-order valence-corrected chi connectivity index (χ1v) is 8.92. The Morgan fingerprint density at radius 2 is 1.77 bits per heavy atom. The largest absolute Gasteiger partial charge is 0.493 e. The van der Waals surface area contributed by atoms with Crippen LogP contribution in [-0.4, -0.2) is 45.2 Å². The standard InChI is InChI=1S/C21H20F2N2O6/c1-24-20(28)14-5-7-15(8-6-14)25-18(26)12-30-19(27)10-4-13-3-9-16(31-21(22)23)17(11-13)29-2/h3-11,21H,12H2,1-2H3,(H,24,28)(H,25,26)/b10-4+. The molecule has 10 heteroatoms. The van der Waals surface area contributed by atoms with Gasteiger partial charge in [0.25, 0.3) is 11.8 Å². The quantitative estimate of drug-likeness (QED) is 0.465. The molecule has 0 fully saturated rings. The van der Waals surface area contributed by atoms with Crippen molar-refractivity contribution in [1.29, 1.82) is 0 Å². The number of carbonyl (C=O) groups is 3. The summed E-state index contributed by atoms with van der Waals surface area (Å²) < 4.78 is 38.8. The van der Waals surface area contributed by atoms with Crippen molar-refractivity contribution < 1.29 is 37.4 Å². The summed E-state index contributed by atoms with van der Waals surface area (Å²) in [7, 11) is 2.80. The van der Waals surface area contributed by atoms with E-state index in [2.05, 4.69) is 15.4 Å². The maximum absolute atomic E-state index is 12.3. The Kier molecular flexibility index (Phi) is 8.50. The molecular formula is C21H20F2N2O6. The van der Waals surface area contributed by atoms with Gasteiger partial charge >= 0.3 is 12.6 Å². The van der Waals surface area contributed by atoms with Crippen molar-refractivity contribution in [2.24, 2.45) is 0 Å². The Morgan fingerprint density at radius 3 is 2.39 bits per heavy atom. The van der Waals surface area contributed by atoms with Gasteiger partial charge < -0.3 is 24.8 Å². The van der Waals surface area contributed by atoms with Crippen LogP contribution >= 0.6 is 0 Å². The van der Waals surface area contributed by atoms with Crippen molar-refractivity contribution in [3.8, 4) is 11.5 Å². The summed E-state index contributed by atoms with van der Waals surface area (Å²) >= 11 is 0. The first-order chi connectivity index (χ1) is 14.8. The second-order valence-electron chi connectivity index (χ2n) is 5.93. The van der Waals surface area contributed by atoms with Gasteiger partial charge in [0, 0.05) is 24.4 Å². The first-order valence-electron chi connectivity index (χ1n) is 8.92. The number of methoxy groups -OCH3 is 1. The summed E-state index contributed by atoms with van der Waals surface area (Å²) in [6.07, 6.45) is 2.44. The number of benzene rings is 2. The molecule has 0 radical (unpaired) electrons. The summed E-state index contributed by atoms with van der Waals surface area (Å²) in [5, 5.41) is 5.01. The molecule has 0 spiro atoms. The zero-order chi connectivity index (χ0) is 22.8. The van der Waals surface area contributed by atoms with Crippen molar-refractivity contribution in [3.05, 3.63) is 59.7 Å². The molecule has 0 bridgehead atoms. The third-order valence-corrected chi connectivity index (χ3v) is 3.82. The Morgan fingerprint density at radius 1 is 1.06 bits per heavy atom. The lowest BCUT2D eigenvalue weighted by Crippen LogP contribution is -2.20. The van der Waals surface area contributed by atoms with Gasteiger partial charge in [0.1, 0.15) is 0 Å². The number of hydrogen-bond acceptors (Lipinski definition) is 6. The molecular weight excluding hydrogens is 414 g/mol. The van der Waals surface area contributed by atoms with Crippen molar-refractivity contribution >= 4 is 29.5 Å². The number of hydrogen-bond donors (Lipinski definition) is 2. The zero-order valence-electron chi connectivity index (χ0n) is 16.7. The van der Waals surface area contributed by atoms with Crippen LogP contribution in [0.5, 0.6) is 11.5 Å². The van der Waals surface area contributed by atoms with Gasteiger partial charge in [-0.05, 0) is 48.0 Å². The topological polar surface area (TPSA) is 103 Å². The first kappa shape index (κ1) is 23.3. The molecule has 0 aliphatic carbocycles. The molecule has 2 aromatic carbocycles. The van der Waals surface area contributed by atoms with Crippen LogP contribution in [-0.2, 0) is 14.3 Å². The number of nitrogens with one attached hydrogen (secondary N) is 2. The molecule has 0 saturated heterocycles. The average molecular weight is 434 g/mol. The van der Waals surface area contributed by atoms with Gasteiger partial charge in [0.2, 0.25) is 0 Å². The highest BCUT2D eigenvalue weighted by atomic mass is 19.3. The second kappa shape index (κ2) is 11.3. The van der Waals surface area contributed by atoms with Crippen molar-refractivity contribution in [1.82, 2.24) is 5.32 Å². The van der Waals surface area contributed by atoms with E-state index in [0.29, 0.717) is 16.8 Å². The third-order valence-electron chi connectivity index (χ3n) is 3.82. The highest BCUT2D eigenvalue weighted by Crippen LogP contribution is 2.29.